The Labute approximate surface area is 303 Å². The first-order chi connectivity index (χ1) is 25.8. The molecule has 0 aliphatic heterocycles. The van der Waals surface area contributed by atoms with Gasteiger partial charge in [0.05, 0.1) is 11.0 Å². The summed E-state index contributed by atoms with van der Waals surface area (Å²) in [6.07, 6.45) is 0. The van der Waals surface area contributed by atoms with Gasteiger partial charge in [0, 0.05) is 33.5 Å². The zero-order valence-corrected chi connectivity index (χ0v) is 28.5. The normalized spacial score (nSPS) is 11.5. The maximum atomic E-state index is 2.40. The van der Waals surface area contributed by atoms with E-state index >= 15 is 0 Å². The van der Waals surface area contributed by atoms with Crippen molar-refractivity contribution < 1.29 is 0 Å². The Hall–Kier alpha value is -6.90. The molecule has 1 aromatic heterocycles. The van der Waals surface area contributed by atoms with E-state index in [1.165, 1.54) is 65.6 Å². The molecular formula is C50H34N2. The van der Waals surface area contributed by atoms with Gasteiger partial charge in [0.1, 0.15) is 0 Å². The Morgan fingerprint density at radius 2 is 0.885 bits per heavy atom. The molecule has 244 valence electrons. The number of anilines is 3. The molecule has 0 aliphatic carbocycles. The fourth-order valence-electron chi connectivity index (χ4n) is 7.85. The van der Waals surface area contributed by atoms with Crippen molar-refractivity contribution in [1.29, 1.82) is 0 Å². The van der Waals surface area contributed by atoms with Gasteiger partial charge in [0.25, 0.3) is 0 Å². The molecule has 52 heavy (non-hydrogen) atoms. The summed E-state index contributed by atoms with van der Waals surface area (Å²) in [5.74, 6) is 0. The van der Waals surface area contributed by atoms with E-state index in [0.717, 1.165) is 22.7 Å². The molecule has 0 unspecified atom stereocenters. The van der Waals surface area contributed by atoms with Crippen LogP contribution in [0.25, 0.3) is 71.3 Å². The zero-order chi connectivity index (χ0) is 34.4. The number of benzene rings is 9. The van der Waals surface area contributed by atoms with Gasteiger partial charge in [-0.2, -0.15) is 0 Å². The third kappa shape index (κ3) is 5.12. The maximum absolute atomic E-state index is 2.40. The van der Waals surface area contributed by atoms with Gasteiger partial charge in [-0.15, -0.1) is 0 Å². The summed E-state index contributed by atoms with van der Waals surface area (Å²) in [5, 5.41) is 7.53. The van der Waals surface area contributed by atoms with Crippen molar-refractivity contribution in [2.24, 2.45) is 0 Å². The summed E-state index contributed by atoms with van der Waals surface area (Å²) in [6, 6.07) is 74.7. The minimum atomic E-state index is 1.09. The number of para-hydroxylation sites is 1. The lowest BCUT2D eigenvalue weighted by Crippen LogP contribution is -2.10. The van der Waals surface area contributed by atoms with Gasteiger partial charge in [-0.05, 0) is 111 Å². The van der Waals surface area contributed by atoms with Crippen molar-refractivity contribution in [2.75, 3.05) is 4.90 Å². The number of hydrogen-bond donors (Lipinski definition) is 0. The molecule has 2 nitrogen and oxygen atoms in total. The SMILES string of the molecule is c1ccc(-c2ccc(N(c3ccc(-n4c5ccccc5c5cc6ccccc6cc54)cc3)c3cccc(-c4cccc5ccccc45)c3)cc2)cc1. The fourth-order valence-corrected chi connectivity index (χ4v) is 7.85. The molecule has 0 amide bonds. The molecular weight excluding hydrogens is 629 g/mol. The molecule has 0 spiro atoms. The summed E-state index contributed by atoms with van der Waals surface area (Å²) in [7, 11) is 0. The van der Waals surface area contributed by atoms with Gasteiger partial charge in [-0.25, -0.2) is 0 Å². The van der Waals surface area contributed by atoms with Gasteiger partial charge >= 0.3 is 0 Å². The van der Waals surface area contributed by atoms with E-state index in [4.69, 9.17) is 0 Å². The second-order valence-electron chi connectivity index (χ2n) is 13.4. The highest BCUT2D eigenvalue weighted by Crippen LogP contribution is 2.40. The van der Waals surface area contributed by atoms with E-state index in [1.807, 2.05) is 0 Å². The Kier molecular flexibility index (Phi) is 7.18. The molecule has 0 N–H and O–H groups in total. The number of fused-ring (bicyclic) bond motifs is 5. The second-order valence-corrected chi connectivity index (χ2v) is 13.4. The molecule has 10 rings (SSSR count). The van der Waals surface area contributed by atoms with Crippen LogP contribution in [0.15, 0.2) is 206 Å². The number of rotatable bonds is 6. The zero-order valence-electron chi connectivity index (χ0n) is 28.5. The molecule has 10 aromatic rings. The Morgan fingerprint density at radius 3 is 1.67 bits per heavy atom. The molecule has 0 atom stereocenters. The second kappa shape index (κ2) is 12.5. The largest absolute Gasteiger partial charge is 0.310 e. The van der Waals surface area contributed by atoms with Gasteiger partial charge in [-0.1, -0.05) is 140 Å². The molecule has 0 bridgehead atoms. The molecule has 0 radical (unpaired) electrons. The third-order valence-electron chi connectivity index (χ3n) is 10.3. The van der Waals surface area contributed by atoms with Gasteiger partial charge in [-0.3, -0.25) is 0 Å². The van der Waals surface area contributed by atoms with Crippen LogP contribution in [0.4, 0.5) is 17.1 Å². The Morgan fingerprint density at radius 1 is 0.308 bits per heavy atom. The van der Waals surface area contributed by atoms with Crippen molar-refractivity contribution in [1.82, 2.24) is 4.57 Å². The first-order valence-electron chi connectivity index (χ1n) is 17.8. The van der Waals surface area contributed by atoms with Crippen molar-refractivity contribution in [3.63, 3.8) is 0 Å². The highest BCUT2D eigenvalue weighted by atomic mass is 15.1. The van der Waals surface area contributed by atoms with Crippen LogP contribution in [0, 0.1) is 0 Å². The highest BCUT2D eigenvalue weighted by Gasteiger charge is 2.17. The molecule has 2 heteroatoms. The van der Waals surface area contributed by atoms with Crippen LogP contribution in [0.3, 0.4) is 0 Å². The highest BCUT2D eigenvalue weighted by molar-refractivity contribution is 6.13. The molecule has 0 saturated heterocycles. The van der Waals surface area contributed by atoms with E-state index in [1.54, 1.807) is 0 Å². The molecule has 0 saturated carbocycles. The summed E-state index contributed by atoms with van der Waals surface area (Å²) < 4.78 is 2.40. The van der Waals surface area contributed by atoms with E-state index < -0.39 is 0 Å². The lowest BCUT2D eigenvalue weighted by atomic mass is 9.97. The number of aromatic nitrogens is 1. The average Bonchev–Trinajstić information content (AvgIpc) is 3.54. The first-order valence-corrected chi connectivity index (χ1v) is 17.8. The van der Waals surface area contributed by atoms with E-state index in [-0.39, 0.29) is 0 Å². The Balaban J connectivity index is 1.12. The van der Waals surface area contributed by atoms with Crippen LogP contribution >= 0.6 is 0 Å². The molecule has 0 aliphatic rings. The number of hydrogen-bond acceptors (Lipinski definition) is 1. The standard InChI is InChI=1S/C50H34N2/c1-2-12-35(13-3-1)36-24-26-41(27-25-36)51(44-19-10-18-40(32-44)46-22-11-17-37-14-6-7-20-45(37)46)42-28-30-43(31-29-42)52-49-23-9-8-21-47(49)48-33-38-15-4-5-16-39(38)34-50(48)52/h1-34H. The quantitative estimate of drug-likeness (QED) is 0.172. The van der Waals surface area contributed by atoms with Crippen LogP contribution in [-0.2, 0) is 0 Å². The van der Waals surface area contributed by atoms with Gasteiger partial charge in [0.15, 0.2) is 0 Å². The lowest BCUT2D eigenvalue weighted by Gasteiger charge is -2.26. The van der Waals surface area contributed by atoms with Crippen LogP contribution in [0.5, 0.6) is 0 Å². The topological polar surface area (TPSA) is 8.17 Å². The summed E-state index contributed by atoms with van der Waals surface area (Å²) in [4.78, 5) is 2.37. The summed E-state index contributed by atoms with van der Waals surface area (Å²) in [6.45, 7) is 0. The lowest BCUT2D eigenvalue weighted by molar-refractivity contribution is 1.17. The predicted molar refractivity (Wildman–Crippen MR) is 221 cm³/mol. The van der Waals surface area contributed by atoms with E-state index in [9.17, 15) is 0 Å². The molecule has 9 aromatic carbocycles. The van der Waals surface area contributed by atoms with Crippen LogP contribution in [0.2, 0.25) is 0 Å². The number of nitrogens with zero attached hydrogens (tertiary/aromatic N) is 2. The molecule has 0 fully saturated rings. The van der Waals surface area contributed by atoms with Crippen LogP contribution < -0.4 is 4.90 Å². The maximum Gasteiger partial charge on any atom is 0.0547 e. The first kappa shape index (κ1) is 30.0. The Bertz CT molecular complexity index is 2880. The van der Waals surface area contributed by atoms with Gasteiger partial charge in [0.2, 0.25) is 0 Å². The van der Waals surface area contributed by atoms with Crippen molar-refractivity contribution in [2.45, 2.75) is 0 Å². The van der Waals surface area contributed by atoms with E-state index in [2.05, 4.69) is 216 Å². The molecule has 1 heterocycles. The van der Waals surface area contributed by atoms with Crippen LogP contribution in [-0.4, -0.2) is 4.57 Å². The van der Waals surface area contributed by atoms with Crippen LogP contribution in [0.1, 0.15) is 0 Å². The third-order valence-corrected chi connectivity index (χ3v) is 10.3. The predicted octanol–water partition coefficient (Wildman–Crippen LogP) is 13.9. The monoisotopic (exact) mass is 662 g/mol. The average molecular weight is 663 g/mol. The van der Waals surface area contributed by atoms with Gasteiger partial charge < -0.3 is 9.47 Å². The minimum absolute atomic E-state index is 1.09. The van der Waals surface area contributed by atoms with Crippen molar-refractivity contribution >= 4 is 60.4 Å². The summed E-state index contributed by atoms with van der Waals surface area (Å²) >= 11 is 0. The summed E-state index contributed by atoms with van der Waals surface area (Å²) in [5.41, 5.74) is 11.7. The minimum Gasteiger partial charge on any atom is -0.310 e. The van der Waals surface area contributed by atoms with Crippen molar-refractivity contribution in [3.8, 4) is 27.9 Å². The van der Waals surface area contributed by atoms with Crippen molar-refractivity contribution in [3.05, 3.63) is 206 Å². The fraction of sp³-hybridized carbons (Fsp3) is 0. The smallest absolute Gasteiger partial charge is 0.0547 e. The van der Waals surface area contributed by atoms with E-state index in [0.29, 0.717) is 0 Å².